The van der Waals surface area contributed by atoms with E-state index in [1.807, 2.05) is 19.6 Å². The molecule has 0 aromatic rings. The van der Waals surface area contributed by atoms with Gasteiger partial charge in [-0.3, -0.25) is 0 Å². The first-order chi connectivity index (χ1) is 6.85. The standard InChI is InChI=1S/C9H16O5Si/c1-5-6-12-9(11)13-7-8(10)14-15(2,3)4/h5H,1,6-7H2,2-4H3. The van der Waals surface area contributed by atoms with Crippen LogP contribution in [0.4, 0.5) is 4.79 Å². The van der Waals surface area contributed by atoms with Crippen molar-refractivity contribution in [1.82, 2.24) is 0 Å². The van der Waals surface area contributed by atoms with Crippen molar-refractivity contribution >= 4 is 20.4 Å². The second kappa shape index (κ2) is 6.23. The van der Waals surface area contributed by atoms with E-state index in [9.17, 15) is 9.59 Å². The van der Waals surface area contributed by atoms with Gasteiger partial charge < -0.3 is 13.9 Å². The summed E-state index contributed by atoms with van der Waals surface area (Å²) in [5, 5.41) is 0. The van der Waals surface area contributed by atoms with Gasteiger partial charge in [0.25, 0.3) is 0 Å². The van der Waals surface area contributed by atoms with Gasteiger partial charge in [-0.15, -0.1) is 0 Å². The average Bonchev–Trinajstić information content (AvgIpc) is 2.08. The van der Waals surface area contributed by atoms with Crippen LogP contribution < -0.4 is 0 Å². The lowest BCUT2D eigenvalue weighted by molar-refractivity contribution is -0.139. The monoisotopic (exact) mass is 232 g/mol. The molecule has 0 saturated heterocycles. The summed E-state index contributed by atoms with van der Waals surface area (Å²) < 4.78 is 14.0. The van der Waals surface area contributed by atoms with Crippen molar-refractivity contribution in [3.05, 3.63) is 12.7 Å². The lowest BCUT2D eigenvalue weighted by Crippen LogP contribution is -2.31. The van der Waals surface area contributed by atoms with Crippen LogP contribution >= 0.6 is 0 Å². The molecule has 5 nitrogen and oxygen atoms in total. The van der Waals surface area contributed by atoms with Crippen LogP contribution in [0.3, 0.4) is 0 Å². The minimum absolute atomic E-state index is 0.0574. The maximum atomic E-state index is 11.1. The summed E-state index contributed by atoms with van der Waals surface area (Å²) in [5.74, 6) is -0.551. The van der Waals surface area contributed by atoms with E-state index in [1.54, 1.807) is 0 Å². The lowest BCUT2D eigenvalue weighted by atomic mass is 10.7. The first kappa shape index (κ1) is 13.7. The van der Waals surface area contributed by atoms with Gasteiger partial charge in [0.05, 0.1) is 0 Å². The minimum atomic E-state index is -1.92. The molecule has 0 aliphatic rings. The summed E-state index contributed by atoms with van der Waals surface area (Å²) in [5.41, 5.74) is 0. The highest BCUT2D eigenvalue weighted by Gasteiger charge is 2.20. The van der Waals surface area contributed by atoms with Crippen molar-refractivity contribution in [3.63, 3.8) is 0 Å². The molecule has 6 heteroatoms. The zero-order valence-electron chi connectivity index (χ0n) is 9.24. The molecule has 0 unspecified atom stereocenters. The Bertz CT molecular complexity index is 243. The van der Waals surface area contributed by atoms with Gasteiger partial charge in [0.2, 0.25) is 8.32 Å². The molecule has 0 N–H and O–H groups in total. The van der Waals surface area contributed by atoms with Gasteiger partial charge >= 0.3 is 12.1 Å². The largest absolute Gasteiger partial charge is 0.517 e. The Kier molecular flexibility index (Phi) is 5.69. The van der Waals surface area contributed by atoms with E-state index in [-0.39, 0.29) is 6.61 Å². The Labute approximate surface area is 90.1 Å². The predicted molar refractivity (Wildman–Crippen MR) is 56.9 cm³/mol. The number of hydrogen-bond donors (Lipinski definition) is 0. The Balaban J connectivity index is 3.71. The van der Waals surface area contributed by atoms with Crippen molar-refractivity contribution in [2.75, 3.05) is 13.2 Å². The van der Waals surface area contributed by atoms with Crippen LogP contribution in [0.5, 0.6) is 0 Å². The first-order valence-corrected chi connectivity index (χ1v) is 7.88. The van der Waals surface area contributed by atoms with Gasteiger partial charge in [-0.05, 0) is 19.6 Å². The minimum Gasteiger partial charge on any atom is -0.517 e. The van der Waals surface area contributed by atoms with E-state index in [0.717, 1.165) is 0 Å². The maximum absolute atomic E-state index is 11.1. The fourth-order valence-electron chi connectivity index (χ4n) is 0.657. The topological polar surface area (TPSA) is 61.8 Å². The highest BCUT2D eigenvalue weighted by molar-refractivity contribution is 6.71. The summed E-state index contributed by atoms with van der Waals surface area (Å²) in [4.78, 5) is 21.9. The van der Waals surface area contributed by atoms with Gasteiger partial charge in [0.1, 0.15) is 6.61 Å². The normalized spacial score (nSPS) is 10.3. The Hall–Kier alpha value is -1.30. The third-order valence-corrected chi connectivity index (χ3v) is 1.89. The number of carbonyl (C=O) groups is 2. The molecule has 0 bridgehead atoms. The molecule has 15 heavy (non-hydrogen) atoms. The van der Waals surface area contributed by atoms with Gasteiger partial charge in [0, 0.05) is 0 Å². The second-order valence-electron chi connectivity index (χ2n) is 3.72. The van der Waals surface area contributed by atoms with Crippen LogP contribution in [-0.2, 0) is 18.7 Å². The number of ether oxygens (including phenoxy) is 2. The lowest BCUT2D eigenvalue weighted by Gasteiger charge is -2.16. The van der Waals surface area contributed by atoms with Gasteiger partial charge in [-0.25, -0.2) is 9.59 Å². The summed E-state index contributed by atoms with van der Waals surface area (Å²) in [6.45, 7) is 8.58. The molecule has 0 aliphatic heterocycles. The molecule has 0 rings (SSSR count). The third-order valence-electron chi connectivity index (χ3n) is 1.05. The zero-order chi connectivity index (χ0) is 11.9. The SMILES string of the molecule is C=CCOC(=O)OCC(=O)O[Si](C)(C)C. The molecule has 0 aromatic heterocycles. The average molecular weight is 232 g/mol. The molecule has 0 saturated carbocycles. The predicted octanol–water partition coefficient (Wildman–Crippen LogP) is 1.70. The van der Waals surface area contributed by atoms with E-state index in [0.29, 0.717) is 0 Å². The van der Waals surface area contributed by atoms with Crippen molar-refractivity contribution in [2.24, 2.45) is 0 Å². The van der Waals surface area contributed by atoms with Gasteiger partial charge in [0.15, 0.2) is 6.61 Å². The zero-order valence-corrected chi connectivity index (χ0v) is 10.2. The van der Waals surface area contributed by atoms with Gasteiger partial charge in [-0.1, -0.05) is 12.7 Å². The van der Waals surface area contributed by atoms with E-state index < -0.39 is 27.0 Å². The fraction of sp³-hybridized carbons (Fsp3) is 0.556. The molecule has 86 valence electrons. The summed E-state index contributed by atoms with van der Waals surface area (Å²) in [7, 11) is -1.92. The van der Waals surface area contributed by atoms with Crippen molar-refractivity contribution in [1.29, 1.82) is 0 Å². The quantitative estimate of drug-likeness (QED) is 0.410. The number of hydrogen-bond acceptors (Lipinski definition) is 5. The van der Waals surface area contributed by atoms with Crippen LogP contribution in [0.2, 0.25) is 19.6 Å². The molecule has 0 aromatic carbocycles. The Morgan fingerprint density at radius 1 is 1.27 bits per heavy atom. The summed E-state index contributed by atoms with van der Waals surface area (Å²) in [6, 6.07) is 0. The van der Waals surface area contributed by atoms with Crippen LogP contribution in [0.15, 0.2) is 12.7 Å². The summed E-state index contributed by atoms with van der Waals surface area (Å²) >= 11 is 0. The molecule has 0 spiro atoms. The van der Waals surface area contributed by atoms with Crippen LogP contribution in [0.25, 0.3) is 0 Å². The molecular weight excluding hydrogens is 216 g/mol. The molecular formula is C9H16O5Si. The molecule has 0 aliphatic carbocycles. The molecule has 0 atom stereocenters. The van der Waals surface area contributed by atoms with E-state index >= 15 is 0 Å². The van der Waals surface area contributed by atoms with Crippen LogP contribution in [0.1, 0.15) is 0 Å². The number of rotatable bonds is 5. The Morgan fingerprint density at radius 2 is 1.87 bits per heavy atom. The molecule has 0 heterocycles. The van der Waals surface area contributed by atoms with Crippen LogP contribution in [-0.4, -0.2) is 33.7 Å². The van der Waals surface area contributed by atoms with E-state index in [1.165, 1.54) is 6.08 Å². The molecule has 0 amide bonds. The van der Waals surface area contributed by atoms with Crippen molar-refractivity contribution < 1.29 is 23.5 Å². The highest BCUT2D eigenvalue weighted by Crippen LogP contribution is 2.02. The third kappa shape index (κ3) is 9.01. The van der Waals surface area contributed by atoms with E-state index in [2.05, 4.69) is 16.1 Å². The molecule has 0 fully saturated rings. The molecule has 0 radical (unpaired) electrons. The number of carbonyl (C=O) groups excluding carboxylic acids is 2. The maximum Gasteiger partial charge on any atom is 0.509 e. The smallest absolute Gasteiger partial charge is 0.509 e. The fourth-order valence-corrected chi connectivity index (χ4v) is 1.40. The first-order valence-electron chi connectivity index (χ1n) is 4.47. The van der Waals surface area contributed by atoms with E-state index in [4.69, 9.17) is 4.43 Å². The summed E-state index contributed by atoms with van der Waals surface area (Å²) in [6.07, 6.45) is 0.504. The highest BCUT2D eigenvalue weighted by atomic mass is 28.4. The van der Waals surface area contributed by atoms with Crippen molar-refractivity contribution in [2.45, 2.75) is 19.6 Å². The second-order valence-corrected chi connectivity index (χ2v) is 8.15. The van der Waals surface area contributed by atoms with Crippen LogP contribution in [0, 0.1) is 0 Å². The van der Waals surface area contributed by atoms with Gasteiger partial charge in [-0.2, -0.15) is 0 Å². The van der Waals surface area contributed by atoms with Crippen molar-refractivity contribution in [3.8, 4) is 0 Å². The Morgan fingerprint density at radius 3 is 2.33 bits per heavy atom.